The first kappa shape index (κ1) is 46.6. The summed E-state index contributed by atoms with van der Waals surface area (Å²) in [7, 11) is 0. The summed E-state index contributed by atoms with van der Waals surface area (Å²) in [5, 5.41) is 4.48. The molecule has 0 spiro atoms. The number of benzene rings is 6. The molecule has 12 aromatic heterocycles. The van der Waals surface area contributed by atoms with Crippen molar-refractivity contribution in [2.24, 2.45) is 6.98 Å². The van der Waals surface area contributed by atoms with Gasteiger partial charge in [-0.1, -0.05) is 102 Å². The number of fused-ring (bicyclic) bond motifs is 28. The summed E-state index contributed by atoms with van der Waals surface area (Å²) in [6.45, 7) is 0.799. The third-order valence-electron chi connectivity index (χ3n) is 17.5. The van der Waals surface area contributed by atoms with Crippen molar-refractivity contribution >= 4 is 98.3 Å². The lowest BCUT2D eigenvalue weighted by Gasteiger charge is -2.04. The summed E-state index contributed by atoms with van der Waals surface area (Å²) >= 11 is 1.71. The van der Waals surface area contributed by atoms with Gasteiger partial charge in [0.05, 0.1) is 49.3 Å². The van der Waals surface area contributed by atoms with Crippen molar-refractivity contribution < 1.29 is 40.0 Å². The fraction of sp³-hybridized carbons (Fsp3) is 0.0685. The molecule has 0 radical (unpaired) electrons. The molecule has 0 bridgehead atoms. The fourth-order valence-corrected chi connectivity index (χ4v) is 14.8. The number of oxazole rings is 3. The summed E-state index contributed by atoms with van der Waals surface area (Å²) in [6.07, 6.45) is 7.22. The molecule has 4 aliphatic heterocycles. The van der Waals surface area contributed by atoms with Gasteiger partial charge < -0.3 is 22.2 Å². The molecule has 16 heterocycles. The first-order valence-corrected chi connectivity index (χ1v) is 30.2. The maximum absolute atomic E-state index is 8.27. The van der Waals surface area contributed by atoms with Gasteiger partial charge in [0.25, 0.3) is 27.3 Å². The molecule has 22 rings (SSSR count). The molecule has 0 N–H and O–H groups in total. The van der Waals surface area contributed by atoms with E-state index in [-0.39, 0.29) is 0 Å². The molecule has 0 amide bonds. The van der Waals surface area contributed by atoms with Gasteiger partial charge in [0.15, 0.2) is 42.4 Å². The van der Waals surface area contributed by atoms with Crippen molar-refractivity contribution in [1.82, 2.24) is 33.6 Å². The molecule has 4 aliphatic rings. The largest absolute Gasteiger partial charge is 0.420 e. The molecular formula is C73H49N11O4S+4. The lowest BCUT2D eigenvalue weighted by atomic mass is 10.2. The van der Waals surface area contributed by atoms with Crippen LogP contribution < -0.4 is 18.3 Å². The Balaban J connectivity index is 0.0000000890. The molecule has 16 heteroatoms. The number of pyridine rings is 4. The Hall–Kier alpha value is -11.6. The van der Waals surface area contributed by atoms with Crippen molar-refractivity contribution in [3.8, 4) is 57.6 Å². The number of imidazole rings is 1. The van der Waals surface area contributed by atoms with Crippen molar-refractivity contribution in [3.05, 3.63) is 253 Å². The van der Waals surface area contributed by atoms with Crippen LogP contribution in [0.1, 0.15) is 26.4 Å². The topological polar surface area (TPSA) is 134 Å². The van der Waals surface area contributed by atoms with E-state index >= 15 is 0 Å². The lowest BCUT2D eigenvalue weighted by Crippen LogP contribution is -2.31. The van der Waals surface area contributed by atoms with Gasteiger partial charge in [-0.25, -0.2) is 24.5 Å². The van der Waals surface area contributed by atoms with Crippen LogP contribution in [0, 0.1) is 0 Å². The zero-order valence-electron chi connectivity index (χ0n) is 50.2. The van der Waals surface area contributed by atoms with Crippen molar-refractivity contribution in [3.63, 3.8) is 0 Å². The van der Waals surface area contributed by atoms with Gasteiger partial charge in [-0.2, -0.15) is 4.57 Å². The maximum atomic E-state index is 8.27. The quantitative estimate of drug-likeness (QED) is 0.156. The van der Waals surface area contributed by atoms with Crippen LogP contribution in [0.25, 0.3) is 145 Å². The Bertz CT molecular complexity index is 5890. The Kier molecular flexibility index (Phi) is 10.1. The second-order valence-corrected chi connectivity index (χ2v) is 23.5. The highest BCUT2D eigenvalue weighted by Crippen LogP contribution is 2.41. The van der Waals surface area contributed by atoms with Gasteiger partial charge in [-0.15, -0.1) is 13.7 Å². The number of rotatable bonds is 2. The molecule has 6 aromatic carbocycles. The summed E-state index contributed by atoms with van der Waals surface area (Å²) in [4.78, 5) is 19.0. The molecule has 18 aromatic rings. The highest BCUT2D eigenvalue weighted by Gasteiger charge is 2.42. The first-order valence-electron chi connectivity index (χ1n) is 30.9. The monoisotopic (exact) mass is 1180 g/mol. The fourth-order valence-electron chi connectivity index (χ4n) is 13.7. The molecule has 0 fully saturated rings. The van der Waals surface area contributed by atoms with E-state index in [1.807, 2.05) is 120 Å². The molecule has 0 saturated carbocycles. The third kappa shape index (κ3) is 7.31. The van der Waals surface area contributed by atoms with Crippen LogP contribution in [0.4, 0.5) is 0 Å². The summed E-state index contributed by atoms with van der Waals surface area (Å²) < 4.78 is 64.6. The normalized spacial score (nSPS) is 13.5. The lowest BCUT2D eigenvalue weighted by molar-refractivity contribution is -0.648. The maximum Gasteiger partial charge on any atom is 0.404 e. The van der Waals surface area contributed by atoms with E-state index in [0.29, 0.717) is 23.5 Å². The van der Waals surface area contributed by atoms with Crippen LogP contribution in [0.2, 0.25) is 0 Å². The molecular weight excluding hydrogens is 1130 g/mol. The minimum Gasteiger partial charge on any atom is -0.420 e. The smallest absolute Gasteiger partial charge is 0.404 e. The van der Waals surface area contributed by atoms with E-state index in [9.17, 15) is 0 Å². The average Bonchev–Trinajstić information content (AvgIpc) is 1.54. The number of hydrogen-bond donors (Lipinski definition) is 0. The zero-order chi connectivity index (χ0) is 60.9. The van der Waals surface area contributed by atoms with E-state index in [4.69, 9.17) is 21.8 Å². The molecule has 0 atom stereocenters. The Labute approximate surface area is 513 Å². The number of nitrogens with zero attached hydrogens (tertiary/aromatic N) is 11. The predicted molar refractivity (Wildman–Crippen MR) is 340 cm³/mol. The number of para-hydroxylation sites is 5. The standard InChI is InChI=1S/C22H17N4.C21H14N3O.C15H9N2O2.C15H9N2OS/c1-24-18-12-6-5-11-17(18)20-22(24)26(16-9-3-2-4-10-16)21-19-15(14-25(20)21)8-7-13-23-19;1-2-8-15(9-3-1)24-17-11-5-4-10-16(17)19-21(24)25-20-18-14(13-23(19)20)7-6-12-22-18;1-2-6-11-10(5-1)13-15(18-11)19-14-12-9(8-17(13)14)4-3-7-16-12;1-2-6-11-10(5-1)13-15(19-11)18-14-12-9(8-17(13)14)4-3-7-16-12/h2-13H,14H2,1H3;1-12H,13H2;2*1-7H,8H2/q4*+1/i1D3;;;. The van der Waals surface area contributed by atoms with Gasteiger partial charge in [0.1, 0.15) is 17.8 Å². The molecule has 89 heavy (non-hydrogen) atoms. The summed E-state index contributed by atoms with van der Waals surface area (Å²) in [6, 6.07) is 69.1. The van der Waals surface area contributed by atoms with Crippen LogP contribution >= 0.6 is 11.3 Å². The zero-order valence-corrected chi connectivity index (χ0v) is 48.0. The molecule has 0 aliphatic carbocycles. The number of thiophene rings is 1. The van der Waals surface area contributed by atoms with Crippen LogP contribution in [0.5, 0.6) is 0 Å². The van der Waals surface area contributed by atoms with Crippen LogP contribution in [-0.4, -0.2) is 33.6 Å². The van der Waals surface area contributed by atoms with Crippen molar-refractivity contribution in [2.45, 2.75) is 26.2 Å². The van der Waals surface area contributed by atoms with E-state index in [0.717, 1.165) is 132 Å². The minimum atomic E-state index is -2.31. The van der Waals surface area contributed by atoms with Gasteiger partial charge in [-0.05, 0) is 115 Å². The summed E-state index contributed by atoms with van der Waals surface area (Å²) in [5.74, 6) is 4.02. The Morgan fingerprint density at radius 1 is 0.404 bits per heavy atom. The second-order valence-electron chi connectivity index (χ2n) is 22.4. The van der Waals surface area contributed by atoms with Crippen LogP contribution in [0.3, 0.4) is 0 Å². The molecule has 15 nitrogen and oxygen atoms in total. The van der Waals surface area contributed by atoms with Gasteiger partial charge in [0.2, 0.25) is 5.52 Å². The van der Waals surface area contributed by atoms with E-state index in [2.05, 4.69) is 146 Å². The van der Waals surface area contributed by atoms with E-state index in [1.54, 1.807) is 23.7 Å². The van der Waals surface area contributed by atoms with Crippen molar-refractivity contribution in [2.75, 3.05) is 0 Å². The molecule has 0 saturated heterocycles. The minimum absolute atomic E-state index is 0.576. The SMILES string of the molecule is [2H]C([2H])([2H])n1c2ccccc2c2c1n(-c1ccccc1)c1[n+]2Cc2cccnc2-1.c1ccc(-n2c3ccccc3c3c2oc2[n+]3Cc3cccnc3-2)cc1.c1cnc2c(c1)C[n+]1c-2oc2oc3ccccc3c21.c1cnc2c(c1)C[n+]1c-2oc2sc3ccccc3c21. The average molecular weight is 1180 g/mol. The van der Waals surface area contributed by atoms with Crippen LogP contribution in [-0.2, 0) is 33.2 Å². The Morgan fingerprint density at radius 3 is 1.56 bits per heavy atom. The van der Waals surface area contributed by atoms with Gasteiger partial charge in [0, 0.05) is 51.8 Å². The number of aryl methyl sites for hydroxylation is 1. The van der Waals surface area contributed by atoms with E-state index < -0.39 is 6.98 Å². The number of hydrogen-bond acceptors (Lipinski definition) is 9. The van der Waals surface area contributed by atoms with E-state index in [1.165, 1.54) is 42.2 Å². The second kappa shape index (κ2) is 19.2. The highest BCUT2D eigenvalue weighted by molar-refractivity contribution is 7.25. The van der Waals surface area contributed by atoms with Crippen LogP contribution in [0.15, 0.2) is 249 Å². The van der Waals surface area contributed by atoms with Crippen molar-refractivity contribution in [1.29, 1.82) is 0 Å². The third-order valence-corrected chi connectivity index (χ3v) is 18.5. The highest BCUT2D eigenvalue weighted by atomic mass is 32.1. The summed E-state index contributed by atoms with van der Waals surface area (Å²) in [5.41, 5.74) is 19.1. The first-order chi connectivity index (χ1) is 45.3. The number of aromatic nitrogens is 11. The van der Waals surface area contributed by atoms with Gasteiger partial charge in [-0.3, -0.25) is 4.57 Å². The molecule has 0 unspecified atom stereocenters. The van der Waals surface area contributed by atoms with Gasteiger partial charge >= 0.3 is 34.8 Å². The predicted octanol–water partition coefficient (Wildman–Crippen LogP) is 14.2. The number of furan rings is 1. The molecule has 422 valence electrons. The Morgan fingerprint density at radius 2 is 0.899 bits per heavy atom.